The Hall–Kier alpha value is -2.04. The zero-order valence-electron chi connectivity index (χ0n) is 16.2. The van der Waals surface area contributed by atoms with Crippen molar-refractivity contribution in [2.75, 3.05) is 37.4 Å². The molecule has 1 aliphatic rings. The standard InChI is InChI=1S/C20H31N3O2/c1-20(2,3)14-18(24)21-15-9-10-17(22(4)5)16(13-15)19(25)23-11-7-6-8-12-23/h9-10,13H,6-8,11-12,14H2,1-5H3,(H,21,24). The molecule has 5 heteroatoms. The first-order chi connectivity index (χ1) is 11.7. The van der Waals surface area contributed by atoms with Crippen molar-refractivity contribution in [1.82, 2.24) is 4.90 Å². The van der Waals surface area contributed by atoms with Gasteiger partial charge < -0.3 is 15.1 Å². The number of carbonyl (C=O) groups is 2. The van der Waals surface area contributed by atoms with Crippen molar-refractivity contribution in [2.24, 2.45) is 5.41 Å². The number of piperidine rings is 1. The summed E-state index contributed by atoms with van der Waals surface area (Å²) in [7, 11) is 3.86. The molecule has 2 rings (SSSR count). The highest BCUT2D eigenvalue weighted by Crippen LogP contribution is 2.26. The van der Waals surface area contributed by atoms with Gasteiger partial charge in [0, 0.05) is 45.0 Å². The van der Waals surface area contributed by atoms with Gasteiger partial charge in [0.05, 0.1) is 5.56 Å². The molecule has 0 aliphatic carbocycles. The maximum atomic E-state index is 13.0. The molecule has 1 heterocycles. The van der Waals surface area contributed by atoms with Gasteiger partial charge in [-0.1, -0.05) is 20.8 Å². The monoisotopic (exact) mass is 345 g/mol. The summed E-state index contributed by atoms with van der Waals surface area (Å²) in [6.45, 7) is 7.73. The molecule has 25 heavy (non-hydrogen) atoms. The molecule has 0 radical (unpaired) electrons. The topological polar surface area (TPSA) is 52.7 Å². The summed E-state index contributed by atoms with van der Waals surface area (Å²) >= 11 is 0. The van der Waals surface area contributed by atoms with Gasteiger partial charge in [0.2, 0.25) is 5.91 Å². The Kier molecular flexibility index (Phi) is 6.09. The number of hydrogen-bond acceptors (Lipinski definition) is 3. The predicted octanol–water partition coefficient (Wildman–Crippen LogP) is 3.75. The van der Waals surface area contributed by atoms with Gasteiger partial charge in [-0.05, 0) is 42.9 Å². The SMILES string of the molecule is CN(C)c1ccc(NC(=O)CC(C)(C)C)cc1C(=O)N1CCCCC1. The normalized spacial score (nSPS) is 15.0. The van der Waals surface area contributed by atoms with Crippen LogP contribution < -0.4 is 10.2 Å². The average molecular weight is 345 g/mol. The molecule has 1 fully saturated rings. The van der Waals surface area contributed by atoms with E-state index in [1.54, 1.807) is 0 Å². The molecule has 1 aromatic carbocycles. The van der Waals surface area contributed by atoms with Gasteiger partial charge in [-0.2, -0.15) is 0 Å². The van der Waals surface area contributed by atoms with Gasteiger partial charge in [0.25, 0.3) is 5.91 Å². The van der Waals surface area contributed by atoms with Crippen molar-refractivity contribution in [2.45, 2.75) is 46.5 Å². The van der Waals surface area contributed by atoms with Crippen LogP contribution in [-0.4, -0.2) is 43.9 Å². The van der Waals surface area contributed by atoms with E-state index in [-0.39, 0.29) is 17.2 Å². The van der Waals surface area contributed by atoms with E-state index in [1.807, 2.05) is 62.9 Å². The van der Waals surface area contributed by atoms with Crippen LogP contribution in [0.2, 0.25) is 0 Å². The van der Waals surface area contributed by atoms with Crippen LogP contribution in [0.3, 0.4) is 0 Å². The Bertz CT molecular complexity index is 626. The second kappa shape index (κ2) is 7.89. The number of benzene rings is 1. The van der Waals surface area contributed by atoms with Crippen molar-refractivity contribution >= 4 is 23.2 Å². The van der Waals surface area contributed by atoms with Gasteiger partial charge in [-0.25, -0.2) is 0 Å². The first-order valence-electron chi connectivity index (χ1n) is 9.08. The molecule has 1 N–H and O–H groups in total. The van der Waals surface area contributed by atoms with Gasteiger partial charge in [-0.15, -0.1) is 0 Å². The molecule has 0 aromatic heterocycles. The zero-order chi connectivity index (χ0) is 18.6. The van der Waals surface area contributed by atoms with E-state index in [0.717, 1.165) is 31.6 Å². The molecule has 5 nitrogen and oxygen atoms in total. The second-order valence-electron chi connectivity index (χ2n) is 8.26. The summed E-state index contributed by atoms with van der Waals surface area (Å²) in [6.07, 6.45) is 3.75. The van der Waals surface area contributed by atoms with Crippen molar-refractivity contribution in [3.05, 3.63) is 23.8 Å². The third kappa shape index (κ3) is 5.48. The largest absolute Gasteiger partial charge is 0.377 e. The fourth-order valence-corrected chi connectivity index (χ4v) is 3.13. The molecule has 0 spiro atoms. The van der Waals surface area contributed by atoms with Crippen LogP contribution in [0.25, 0.3) is 0 Å². The number of likely N-dealkylation sites (tertiary alicyclic amines) is 1. The van der Waals surface area contributed by atoms with Gasteiger partial charge in [0.1, 0.15) is 0 Å². The number of rotatable bonds is 4. The zero-order valence-corrected chi connectivity index (χ0v) is 16.2. The summed E-state index contributed by atoms with van der Waals surface area (Å²) in [4.78, 5) is 29.1. The highest BCUT2D eigenvalue weighted by Gasteiger charge is 2.23. The number of nitrogens with zero attached hydrogens (tertiary/aromatic N) is 2. The molecule has 0 saturated carbocycles. The third-order valence-corrected chi connectivity index (χ3v) is 4.33. The van der Waals surface area contributed by atoms with Crippen LogP contribution >= 0.6 is 0 Å². The highest BCUT2D eigenvalue weighted by molar-refractivity contribution is 6.02. The summed E-state index contributed by atoms with van der Waals surface area (Å²) in [5.41, 5.74) is 2.14. The minimum atomic E-state index is -0.0693. The van der Waals surface area contributed by atoms with Crippen molar-refractivity contribution in [3.8, 4) is 0 Å². The van der Waals surface area contributed by atoms with Crippen molar-refractivity contribution in [3.63, 3.8) is 0 Å². The van der Waals surface area contributed by atoms with Crippen LogP contribution in [-0.2, 0) is 4.79 Å². The van der Waals surface area contributed by atoms with Crippen LogP contribution in [0.4, 0.5) is 11.4 Å². The number of hydrogen-bond donors (Lipinski definition) is 1. The first-order valence-corrected chi connectivity index (χ1v) is 9.08. The van der Waals surface area contributed by atoms with Gasteiger partial charge in [0.15, 0.2) is 0 Å². The number of amides is 2. The van der Waals surface area contributed by atoms with E-state index in [4.69, 9.17) is 0 Å². The first kappa shape index (κ1) is 19.3. The van der Waals surface area contributed by atoms with Crippen LogP contribution in [0.15, 0.2) is 18.2 Å². The number of carbonyl (C=O) groups excluding carboxylic acids is 2. The second-order valence-corrected chi connectivity index (χ2v) is 8.26. The maximum Gasteiger partial charge on any atom is 0.256 e. The van der Waals surface area contributed by atoms with E-state index >= 15 is 0 Å². The summed E-state index contributed by atoms with van der Waals surface area (Å²) in [5.74, 6) is 0.0248. The Morgan fingerprint density at radius 3 is 2.32 bits per heavy atom. The Morgan fingerprint density at radius 1 is 1.12 bits per heavy atom. The molecule has 1 aliphatic heterocycles. The average Bonchev–Trinajstić information content (AvgIpc) is 2.52. The molecule has 1 aromatic rings. The lowest BCUT2D eigenvalue weighted by atomic mass is 9.92. The summed E-state index contributed by atoms with van der Waals surface area (Å²) in [5, 5.41) is 2.93. The van der Waals surface area contributed by atoms with Gasteiger partial charge in [-0.3, -0.25) is 9.59 Å². The Labute approximate surface area is 151 Å². The van der Waals surface area contributed by atoms with Crippen LogP contribution in [0, 0.1) is 5.41 Å². The smallest absolute Gasteiger partial charge is 0.256 e. The molecule has 0 atom stereocenters. The predicted molar refractivity (Wildman–Crippen MR) is 103 cm³/mol. The molecule has 0 bridgehead atoms. The van der Waals surface area contributed by atoms with E-state index < -0.39 is 0 Å². The van der Waals surface area contributed by atoms with E-state index in [0.29, 0.717) is 17.7 Å². The lowest BCUT2D eigenvalue weighted by Gasteiger charge is -2.28. The fraction of sp³-hybridized carbons (Fsp3) is 0.600. The van der Waals surface area contributed by atoms with E-state index in [1.165, 1.54) is 6.42 Å². The maximum absolute atomic E-state index is 13.0. The minimum absolute atomic E-state index is 0.0264. The van der Waals surface area contributed by atoms with Crippen molar-refractivity contribution < 1.29 is 9.59 Å². The summed E-state index contributed by atoms with van der Waals surface area (Å²) in [6, 6.07) is 5.58. The Balaban J connectivity index is 2.23. The van der Waals surface area contributed by atoms with Crippen LogP contribution in [0.1, 0.15) is 56.8 Å². The summed E-state index contributed by atoms with van der Waals surface area (Å²) < 4.78 is 0. The fourth-order valence-electron chi connectivity index (χ4n) is 3.13. The molecular formula is C20H31N3O2. The quantitative estimate of drug-likeness (QED) is 0.904. The van der Waals surface area contributed by atoms with Gasteiger partial charge >= 0.3 is 0 Å². The molecular weight excluding hydrogens is 314 g/mol. The van der Waals surface area contributed by atoms with E-state index in [2.05, 4.69) is 5.32 Å². The third-order valence-electron chi connectivity index (χ3n) is 4.33. The van der Waals surface area contributed by atoms with E-state index in [9.17, 15) is 9.59 Å². The van der Waals surface area contributed by atoms with Crippen molar-refractivity contribution in [1.29, 1.82) is 0 Å². The number of anilines is 2. The number of nitrogens with one attached hydrogen (secondary N) is 1. The molecule has 0 unspecified atom stereocenters. The Morgan fingerprint density at radius 2 is 1.76 bits per heavy atom. The molecule has 2 amide bonds. The highest BCUT2D eigenvalue weighted by atomic mass is 16.2. The molecule has 138 valence electrons. The minimum Gasteiger partial charge on any atom is -0.377 e. The lowest BCUT2D eigenvalue weighted by Crippen LogP contribution is -2.36. The lowest BCUT2D eigenvalue weighted by molar-refractivity contribution is -0.117. The van der Waals surface area contributed by atoms with Crippen LogP contribution in [0.5, 0.6) is 0 Å². The molecule has 1 saturated heterocycles.